The lowest BCUT2D eigenvalue weighted by Crippen LogP contribution is -2.33. The third kappa shape index (κ3) is 2.88. The zero-order valence-electron chi connectivity index (χ0n) is 10.5. The Morgan fingerprint density at radius 1 is 1.56 bits per heavy atom. The van der Waals surface area contributed by atoms with E-state index in [9.17, 15) is 4.79 Å². The average molecular weight is 243 g/mol. The monoisotopic (exact) mass is 243 g/mol. The van der Waals surface area contributed by atoms with Crippen LogP contribution in [0.2, 0.25) is 0 Å². The van der Waals surface area contributed by atoms with Crippen LogP contribution in [0.4, 0.5) is 0 Å². The van der Waals surface area contributed by atoms with E-state index in [-0.39, 0.29) is 5.91 Å². The zero-order valence-corrected chi connectivity index (χ0v) is 10.5. The number of aromatic nitrogens is 1. The number of carbonyl (C=O) groups excluding carboxylic acids is 1. The summed E-state index contributed by atoms with van der Waals surface area (Å²) in [4.78, 5) is 18.2. The number of nitrogens with two attached hydrogens (primary N) is 1. The maximum Gasteiger partial charge on any atom is 0.272 e. The summed E-state index contributed by atoms with van der Waals surface area (Å²) in [7, 11) is 0. The molecule has 0 atom stereocenters. The minimum Gasteiger partial charge on any atom is -0.335 e. The third-order valence-corrected chi connectivity index (χ3v) is 2.91. The third-order valence-electron chi connectivity index (χ3n) is 2.91. The van der Waals surface area contributed by atoms with E-state index in [1.807, 2.05) is 17.9 Å². The summed E-state index contributed by atoms with van der Waals surface area (Å²) in [5.74, 6) is 5.66. The van der Waals surface area contributed by atoms with Gasteiger partial charge in [0.05, 0.1) is 6.54 Å². The van der Waals surface area contributed by atoms with Gasteiger partial charge in [-0.05, 0) is 31.9 Å². The zero-order chi connectivity index (χ0) is 13.0. The Morgan fingerprint density at radius 3 is 2.83 bits per heavy atom. The number of rotatable bonds is 3. The van der Waals surface area contributed by atoms with E-state index in [2.05, 4.69) is 16.8 Å². The highest BCUT2D eigenvalue weighted by molar-refractivity contribution is 5.92. The molecule has 0 aromatic carbocycles. The molecular weight excluding hydrogens is 226 g/mol. The Morgan fingerprint density at radius 2 is 2.33 bits per heavy atom. The van der Waals surface area contributed by atoms with Crippen LogP contribution in [-0.4, -0.2) is 34.9 Å². The van der Waals surface area contributed by atoms with Gasteiger partial charge in [0.2, 0.25) is 0 Å². The average Bonchev–Trinajstić information content (AvgIpc) is 3.22. The Bertz CT molecular complexity index is 480. The predicted octanol–water partition coefficient (Wildman–Crippen LogP) is 1.02. The smallest absolute Gasteiger partial charge is 0.272 e. The summed E-state index contributed by atoms with van der Waals surface area (Å²) in [6.07, 6.45) is 3.84. The fourth-order valence-corrected chi connectivity index (χ4v) is 1.85. The van der Waals surface area contributed by atoms with E-state index in [0.29, 0.717) is 18.3 Å². The van der Waals surface area contributed by atoms with Crippen molar-refractivity contribution in [2.24, 2.45) is 5.73 Å². The van der Waals surface area contributed by atoms with E-state index < -0.39 is 0 Å². The molecule has 0 radical (unpaired) electrons. The molecule has 1 aliphatic rings. The Labute approximate surface area is 107 Å². The number of hydrogen-bond donors (Lipinski definition) is 1. The molecule has 0 bridgehead atoms. The van der Waals surface area contributed by atoms with Crippen molar-refractivity contribution < 1.29 is 4.79 Å². The van der Waals surface area contributed by atoms with Gasteiger partial charge in [0.25, 0.3) is 5.91 Å². The van der Waals surface area contributed by atoms with Crippen molar-refractivity contribution in [2.75, 3.05) is 13.1 Å². The van der Waals surface area contributed by atoms with E-state index in [0.717, 1.165) is 24.9 Å². The summed E-state index contributed by atoms with van der Waals surface area (Å²) >= 11 is 0. The van der Waals surface area contributed by atoms with Crippen LogP contribution in [0.1, 0.15) is 35.8 Å². The van der Waals surface area contributed by atoms with Gasteiger partial charge in [0.1, 0.15) is 5.69 Å². The molecule has 0 saturated heterocycles. The number of hydrogen-bond acceptors (Lipinski definition) is 3. The van der Waals surface area contributed by atoms with Crippen molar-refractivity contribution in [1.82, 2.24) is 9.88 Å². The normalized spacial score (nSPS) is 13.7. The van der Waals surface area contributed by atoms with Crippen molar-refractivity contribution in [1.29, 1.82) is 0 Å². The van der Waals surface area contributed by atoms with Crippen LogP contribution in [0.25, 0.3) is 0 Å². The van der Waals surface area contributed by atoms with Gasteiger partial charge in [-0.1, -0.05) is 11.8 Å². The van der Waals surface area contributed by atoms with E-state index in [1.54, 1.807) is 12.3 Å². The summed E-state index contributed by atoms with van der Waals surface area (Å²) in [6.45, 7) is 3.06. The lowest BCUT2D eigenvalue weighted by molar-refractivity contribution is 0.0746. The van der Waals surface area contributed by atoms with E-state index >= 15 is 0 Å². The molecule has 94 valence electrons. The van der Waals surface area contributed by atoms with Crippen LogP contribution < -0.4 is 5.73 Å². The Hall–Kier alpha value is -1.86. The first-order chi connectivity index (χ1) is 8.76. The number of pyridine rings is 1. The molecule has 1 aromatic rings. The summed E-state index contributed by atoms with van der Waals surface area (Å²) in [5.41, 5.74) is 6.57. The number of carbonyl (C=O) groups is 1. The van der Waals surface area contributed by atoms with Crippen LogP contribution in [-0.2, 0) is 0 Å². The molecule has 4 nitrogen and oxygen atoms in total. The predicted molar refractivity (Wildman–Crippen MR) is 69.9 cm³/mol. The molecule has 0 spiro atoms. The lowest BCUT2D eigenvalue weighted by Gasteiger charge is -2.19. The number of nitrogens with zero attached hydrogens (tertiary/aromatic N) is 2. The topological polar surface area (TPSA) is 59.2 Å². The van der Waals surface area contributed by atoms with Crippen molar-refractivity contribution >= 4 is 5.91 Å². The fraction of sp³-hybridized carbons (Fsp3) is 0.429. The van der Waals surface area contributed by atoms with E-state index in [1.165, 1.54) is 0 Å². The van der Waals surface area contributed by atoms with E-state index in [4.69, 9.17) is 5.73 Å². The second kappa shape index (κ2) is 5.65. The standard InChI is InChI=1S/C14H17N3O/c1-2-17(12-6-7-12)14(18)13-8-5-11(10-16-13)4-3-9-15/h5,8,10,12H,2,6-7,9,15H2,1H3. The highest BCUT2D eigenvalue weighted by Gasteiger charge is 2.32. The first-order valence-corrected chi connectivity index (χ1v) is 6.22. The lowest BCUT2D eigenvalue weighted by atomic mass is 10.2. The molecule has 1 fully saturated rings. The first-order valence-electron chi connectivity index (χ1n) is 6.22. The SMILES string of the molecule is CCN(C(=O)c1ccc(C#CCN)cn1)C1CC1. The van der Waals surface area contributed by atoms with Crippen molar-refractivity contribution in [2.45, 2.75) is 25.8 Å². The van der Waals surface area contributed by atoms with Crippen molar-refractivity contribution in [3.63, 3.8) is 0 Å². The second-order valence-corrected chi connectivity index (χ2v) is 4.26. The number of amides is 1. The van der Waals surface area contributed by atoms with Crippen LogP contribution in [0.15, 0.2) is 18.3 Å². The summed E-state index contributed by atoms with van der Waals surface area (Å²) in [6, 6.07) is 3.96. The molecule has 2 N–H and O–H groups in total. The summed E-state index contributed by atoms with van der Waals surface area (Å²) in [5, 5.41) is 0. The molecular formula is C14H17N3O. The second-order valence-electron chi connectivity index (χ2n) is 4.26. The van der Waals surface area contributed by atoms with Gasteiger partial charge in [0.15, 0.2) is 0 Å². The van der Waals surface area contributed by atoms with Crippen LogP contribution in [0.3, 0.4) is 0 Å². The quantitative estimate of drug-likeness (QED) is 0.806. The van der Waals surface area contributed by atoms with Gasteiger partial charge in [-0.25, -0.2) is 4.98 Å². The molecule has 1 heterocycles. The molecule has 2 rings (SSSR count). The highest BCUT2D eigenvalue weighted by Crippen LogP contribution is 2.27. The van der Waals surface area contributed by atoms with Crippen LogP contribution in [0.5, 0.6) is 0 Å². The molecule has 1 aromatic heterocycles. The molecule has 18 heavy (non-hydrogen) atoms. The van der Waals surface area contributed by atoms with Gasteiger partial charge in [-0.15, -0.1) is 0 Å². The first kappa shape index (κ1) is 12.6. The van der Waals surface area contributed by atoms with Gasteiger partial charge in [0, 0.05) is 24.3 Å². The van der Waals surface area contributed by atoms with Crippen LogP contribution in [0, 0.1) is 11.8 Å². The van der Waals surface area contributed by atoms with Gasteiger partial charge >= 0.3 is 0 Å². The fourth-order valence-electron chi connectivity index (χ4n) is 1.85. The van der Waals surface area contributed by atoms with Gasteiger partial charge < -0.3 is 10.6 Å². The van der Waals surface area contributed by atoms with Crippen molar-refractivity contribution in [3.8, 4) is 11.8 Å². The maximum absolute atomic E-state index is 12.2. The Balaban J connectivity index is 2.10. The molecule has 4 heteroatoms. The van der Waals surface area contributed by atoms with Crippen molar-refractivity contribution in [3.05, 3.63) is 29.6 Å². The summed E-state index contributed by atoms with van der Waals surface area (Å²) < 4.78 is 0. The minimum absolute atomic E-state index is 0.0123. The molecule has 1 aliphatic carbocycles. The molecule has 0 aliphatic heterocycles. The van der Waals surface area contributed by atoms with Gasteiger partial charge in [-0.2, -0.15) is 0 Å². The minimum atomic E-state index is 0.0123. The highest BCUT2D eigenvalue weighted by atomic mass is 16.2. The molecule has 0 unspecified atom stereocenters. The van der Waals surface area contributed by atoms with Crippen LogP contribution >= 0.6 is 0 Å². The molecule has 1 amide bonds. The van der Waals surface area contributed by atoms with Gasteiger partial charge in [-0.3, -0.25) is 4.79 Å². The largest absolute Gasteiger partial charge is 0.335 e. The molecule has 1 saturated carbocycles. The Kier molecular flexibility index (Phi) is 3.96. The maximum atomic E-state index is 12.2.